The van der Waals surface area contributed by atoms with Crippen LogP contribution in [-0.2, 0) is 9.53 Å². The quantitative estimate of drug-likeness (QED) is 0.816. The molecule has 0 amide bonds. The van der Waals surface area contributed by atoms with Gasteiger partial charge in [0.25, 0.3) is 0 Å². The fourth-order valence-electron chi connectivity index (χ4n) is 3.24. The number of benzene rings is 1. The third-order valence-electron chi connectivity index (χ3n) is 4.18. The van der Waals surface area contributed by atoms with Crippen molar-refractivity contribution >= 4 is 11.9 Å². The van der Waals surface area contributed by atoms with E-state index >= 15 is 0 Å². The number of ether oxygens (including phenoxy) is 1. The van der Waals surface area contributed by atoms with Crippen LogP contribution in [0.15, 0.2) is 30.3 Å². The smallest absolute Gasteiger partial charge is 0.338 e. The predicted molar refractivity (Wildman–Crippen MR) is 71.3 cm³/mol. The number of aliphatic carboxylic acids is 1. The summed E-state index contributed by atoms with van der Waals surface area (Å²) >= 11 is 0. The van der Waals surface area contributed by atoms with Crippen LogP contribution in [0.2, 0.25) is 0 Å². The van der Waals surface area contributed by atoms with Crippen LogP contribution in [0.4, 0.5) is 0 Å². The minimum Gasteiger partial charge on any atom is -0.481 e. The average molecular weight is 275 g/mol. The van der Waals surface area contributed by atoms with Gasteiger partial charge < -0.3 is 15.2 Å². The molecule has 1 aromatic carbocycles. The van der Waals surface area contributed by atoms with Crippen molar-refractivity contribution in [1.29, 1.82) is 0 Å². The Balaban J connectivity index is 1.75. The number of piperidine rings is 1. The molecule has 0 saturated carbocycles. The van der Waals surface area contributed by atoms with Gasteiger partial charge in [-0.15, -0.1) is 0 Å². The van der Waals surface area contributed by atoms with E-state index in [2.05, 4.69) is 5.32 Å². The highest BCUT2D eigenvalue weighted by Crippen LogP contribution is 2.34. The molecule has 1 aromatic rings. The number of nitrogens with one attached hydrogen (secondary N) is 1. The number of carbonyl (C=O) groups excluding carboxylic acids is 1. The second-order valence-electron chi connectivity index (χ2n) is 5.46. The van der Waals surface area contributed by atoms with Crippen molar-refractivity contribution in [3.63, 3.8) is 0 Å². The summed E-state index contributed by atoms with van der Waals surface area (Å²) in [6.45, 7) is 0. The van der Waals surface area contributed by atoms with Crippen molar-refractivity contribution in [3.05, 3.63) is 35.9 Å². The highest BCUT2D eigenvalue weighted by Gasteiger charge is 2.47. The molecule has 5 nitrogen and oxygen atoms in total. The summed E-state index contributed by atoms with van der Waals surface area (Å²) in [5.74, 6) is -1.99. The van der Waals surface area contributed by atoms with Gasteiger partial charge in [-0.3, -0.25) is 4.79 Å². The molecule has 20 heavy (non-hydrogen) atoms. The van der Waals surface area contributed by atoms with Gasteiger partial charge in [0, 0.05) is 18.5 Å². The van der Waals surface area contributed by atoms with Gasteiger partial charge in [0.05, 0.1) is 5.56 Å². The number of hydrogen-bond donors (Lipinski definition) is 2. The Hall–Kier alpha value is -1.88. The highest BCUT2D eigenvalue weighted by atomic mass is 16.5. The lowest BCUT2D eigenvalue weighted by atomic mass is 9.89. The van der Waals surface area contributed by atoms with E-state index in [-0.39, 0.29) is 12.1 Å². The maximum atomic E-state index is 12.1. The maximum Gasteiger partial charge on any atom is 0.338 e. The summed E-state index contributed by atoms with van der Waals surface area (Å²) in [5, 5.41) is 12.7. The summed E-state index contributed by atoms with van der Waals surface area (Å²) in [4.78, 5) is 23.5. The first-order valence-corrected chi connectivity index (χ1v) is 6.90. The van der Waals surface area contributed by atoms with Crippen LogP contribution in [0.3, 0.4) is 0 Å². The van der Waals surface area contributed by atoms with E-state index < -0.39 is 24.0 Å². The molecule has 0 aliphatic carbocycles. The topological polar surface area (TPSA) is 75.6 Å². The standard InChI is InChI=1S/C15H17NO4/c17-14(18)13-11-7-6-10(16-11)8-12(13)20-15(19)9-4-2-1-3-5-9/h1-5,10-13,16H,6-8H2,(H,17,18)/t10?,11?,12-,13+/m0/s1. The monoisotopic (exact) mass is 275 g/mol. The third kappa shape index (κ3) is 2.41. The fourth-order valence-corrected chi connectivity index (χ4v) is 3.24. The molecule has 0 aromatic heterocycles. The number of carboxylic acids is 1. The number of carbonyl (C=O) groups is 2. The maximum absolute atomic E-state index is 12.1. The van der Waals surface area contributed by atoms with Crippen molar-refractivity contribution in [2.24, 2.45) is 5.92 Å². The SMILES string of the molecule is O=C(O[C@H]1CC2CCC(N2)[C@H]1C(=O)O)c1ccccc1. The molecule has 4 atom stereocenters. The Kier molecular flexibility index (Phi) is 3.44. The van der Waals surface area contributed by atoms with Gasteiger partial charge >= 0.3 is 11.9 Å². The van der Waals surface area contributed by atoms with Gasteiger partial charge in [0.15, 0.2) is 0 Å². The highest BCUT2D eigenvalue weighted by molar-refractivity contribution is 5.89. The predicted octanol–water partition coefficient (Wildman–Crippen LogP) is 1.44. The summed E-state index contributed by atoms with van der Waals surface area (Å²) in [6.07, 6.45) is 1.82. The zero-order valence-corrected chi connectivity index (χ0v) is 11.0. The zero-order valence-electron chi connectivity index (χ0n) is 11.0. The minimum absolute atomic E-state index is 0.0835. The number of hydrogen-bond acceptors (Lipinski definition) is 4. The van der Waals surface area contributed by atoms with E-state index in [1.807, 2.05) is 6.07 Å². The molecule has 3 rings (SSSR count). The van der Waals surface area contributed by atoms with Gasteiger partial charge in [0.1, 0.15) is 12.0 Å². The van der Waals surface area contributed by atoms with Crippen LogP contribution in [0, 0.1) is 5.92 Å². The average Bonchev–Trinajstić information content (AvgIpc) is 2.81. The Morgan fingerprint density at radius 2 is 1.95 bits per heavy atom. The second kappa shape index (κ2) is 5.25. The normalized spacial score (nSPS) is 31.8. The molecular formula is C15H17NO4. The molecule has 0 spiro atoms. The first kappa shape index (κ1) is 13.1. The first-order valence-electron chi connectivity index (χ1n) is 6.90. The van der Waals surface area contributed by atoms with Crippen molar-refractivity contribution in [2.75, 3.05) is 0 Å². The van der Waals surface area contributed by atoms with E-state index in [1.54, 1.807) is 24.3 Å². The van der Waals surface area contributed by atoms with Crippen molar-refractivity contribution in [2.45, 2.75) is 37.5 Å². The Morgan fingerprint density at radius 1 is 1.20 bits per heavy atom. The van der Waals surface area contributed by atoms with Crippen LogP contribution in [0.1, 0.15) is 29.6 Å². The molecular weight excluding hydrogens is 258 g/mol. The van der Waals surface area contributed by atoms with E-state index in [1.165, 1.54) is 0 Å². The van der Waals surface area contributed by atoms with E-state index in [0.717, 1.165) is 12.8 Å². The Labute approximate surface area is 116 Å². The first-order chi connectivity index (χ1) is 9.65. The third-order valence-corrected chi connectivity index (χ3v) is 4.18. The van der Waals surface area contributed by atoms with Gasteiger partial charge in [0.2, 0.25) is 0 Å². The van der Waals surface area contributed by atoms with Gasteiger partial charge in [-0.2, -0.15) is 0 Å². The molecule has 106 valence electrons. The lowest BCUT2D eigenvalue weighted by Gasteiger charge is -2.34. The van der Waals surface area contributed by atoms with Gasteiger partial charge in [-0.1, -0.05) is 18.2 Å². The lowest BCUT2D eigenvalue weighted by Crippen LogP contribution is -2.52. The molecule has 2 aliphatic heterocycles. The van der Waals surface area contributed by atoms with Gasteiger partial charge in [-0.25, -0.2) is 4.79 Å². The van der Waals surface area contributed by atoms with E-state index in [0.29, 0.717) is 12.0 Å². The summed E-state index contributed by atoms with van der Waals surface area (Å²) in [6, 6.07) is 8.88. The second-order valence-corrected chi connectivity index (χ2v) is 5.46. The van der Waals surface area contributed by atoms with Crippen LogP contribution in [-0.4, -0.2) is 35.2 Å². The number of carboxylic acid groups (broad SMARTS) is 1. The zero-order chi connectivity index (χ0) is 14.1. The molecule has 2 N–H and O–H groups in total. The summed E-state index contributed by atoms with van der Waals surface area (Å²) in [7, 11) is 0. The van der Waals surface area contributed by atoms with Crippen LogP contribution < -0.4 is 5.32 Å². The molecule has 2 unspecified atom stereocenters. The Bertz CT molecular complexity index is 516. The van der Waals surface area contributed by atoms with Crippen molar-refractivity contribution < 1.29 is 19.4 Å². The number of esters is 1. The summed E-state index contributed by atoms with van der Waals surface area (Å²) < 4.78 is 5.47. The van der Waals surface area contributed by atoms with Crippen molar-refractivity contribution in [1.82, 2.24) is 5.32 Å². The van der Waals surface area contributed by atoms with Gasteiger partial charge in [-0.05, 0) is 25.0 Å². The number of rotatable bonds is 3. The van der Waals surface area contributed by atoms with Crippen LogP contribution >= 0.6 is 0 Å². The van der Waals surface area contributed by atoms with E-state index in [9.17, 15) is 14.7 Å². The van der Waals surface area contributed by atoms with Crippen molar-refractivity contribution in [3.8, 4) is 0 Å². The fraction of sp³-hybridized carbons (Fsp3) is 0.467. The summed E-state index contributed by atoms with van der Waals surface area (Å²) in [5.41, 5.74) is 0.461. The molecule has 2 heterocycles. The molecule has 5 heteroatoms. The molecule has 2 bridgehead atoms. The largest absolute Gasteiger partial charge is 0.481 e. The Morgan fingerprint density at radius 3 is 2.65 bits per heavy atom. The van der Waals surface area contributed by atoms with Crippen LogP contribution in [0.5, 0.6) is 0 Å². The number of fused-ring (bicyclic) bond motifs is 2. The lowest BCUT2D eigenvalue weighted by molar-refractivity contribution is -0.148. The molecule has 2 saturated heterocycles. The molecule has 0 radical (unpaired) electrons. The van der Waals surface area contributed by atoms with E-state index in [4.69, 9.17) is 4.74 Å². The molecule has 2 fully saturated rings. The van der Waals surface area contributed by atoms with Crippen LogP contribution in [0.25, 0.3) is 0 Å². The minimum atomic E-state index is -0.895. The molecule has 2 aliphatic rings.